The molecule has 96 valence electrons. The SMILES string of the molecule is O=C(NC1CCCC1C(=O)O)c1ccc(Cl)nc1. The highest BCUT2D eigenvalue weighted by Crippen LogP contribution is 2.26. The first-order valence-electron chi connectivity index (χ1n) is 5.73. The summed E-state index contributed by atoms with van der Waals surface area (Å²) in [5, 5.41) is 12.1. The normalized spacial score (nSPS) is 22.7. The van der Waals surface area contributed by atoms with Crippen LogP contribution in [0.2, 0.25) is 5.15 Å². The third kappa shape index (κ3) is 2.79. The number of carbonyl (C=O) groups is 2. The van der Waals surface area contributed by atoms with E-state index < -0.39 is 11.9 Å². The molecule has 1 heterocycles. The summed E-state index contributed by atoms with van der Waals surface area (Å²) in [6.07, 6.45) is 3.51. The average Bonchev–Trinajstić information content (AvgIpc) is 2.78. The fourth-order valence-corrected chi connectivity index (χ4v) is 2.30. The molecule has 2 rings (SSSR count). The molecule has 1 amide bonds. The molecule has 0 radical (unpaired) electrons. The van der Waals surface area contributed by atoms with Gasteiger partial charge in [-0.2, -0.15) is 0 Å². The van der Waals surface area contributed by atoms with Crippen molar-refractivity contribution in [2.45, 2.75) is 25.3 Å². The summed E-state index contributed by atoms with van der Waals surface area (Å²) >= 11 is 5.63. The number of hydrogen-bond acceptors (Lipinski definition) is 3. The topological polar surface area (TPSA) is 79.3 Å². The Morgan fingerprint density at radius 3 is 2.78 bits per heavy atom. The maximum atomic E-state index is 11.9. The van der Waals surface area contributed by atoms with E-state index in [2.05, 4.69) is 10.3 Å². The minimum atomic E-state index is -0.855. The second-order valence-electron chi connectivity index (χ2n) is 4.33. The van der Waals surface area contributed by atoms with Gasteiger partial charge in [-0.3, -0.25) is 9.59 Å². The van der Waals surface area contributed by atoms with Crippen LogP contribution >= 0.6 is 11.6 Å². The van der Waals surface area contributed by atoms with Gasteiger partial charge in [0.15, 0.2) is 0 Å². The maximum Gasteiger partial charge on any atom is 0.308 e. The van der Waals surface area contributed by atoms with Crippen molar-refractivity contribution in [2.75, 3.05) is 0 Å². The number of halogens is 1. The summed E-state index contributed by atoms with van der Waals surface area (Å²) in [6.45, 7) is 0. The van der Waals surface area contributed by atoms with E-state index in [1.807, 2.05) is 0 Å². The monoisotopic (exact) mass is 268 g/mol. The van der Waals surface area contributed by atoms with Gasteiger partial charge in [-0.1, -0.05) is 18.0 Å². The van der Waals surface area contributed by atoms with E-state index in [1.165, 1.54) is 12.3 Å². The van der Waals surface area contributed by atoms with Crippen LogP contribution < -0.4 is 5.32 Å². The van der Waals surface area contributed by atoms with Crippen LogP contribution in [-0.4, -0.2) is 28.0 Å². The van der Waals surface area contributed by atoms with Gasteiger partial charge in [0.25, 0.3) is 5.91 Å². The van der Waals surface area contributed by atoms with Crippen molar-refractivity contribution in [2.24, 2.45) is 5.92 Å². The Kier molecular flexibility index (Phi) is 3.81. The van der Waals surface area contributed by atoms with Crippen LogP contribution in [0, 0.1) is 5.92 Å². The van der Waals surface area contributed by atoms with E-state index >= 15 is 0 Å². The van der Waals surface area contributed by atoms with Gasteiger partial charge in [-0.05, 0) is 25.0 Å². The second-order valence-corrected chi connectivity index (χ2v) is 4.71. The van der Waals surface area contributed by atoms with Crippen LogP contribution in [0.3, 0.4) is 0 Å². The number of carboxylic acids is 1. The van der Waals surface area contributed by atoms with Gasteiger partial charge in [0, 0.05) is 12.2 Å². The number of aliphatic carboxylic acids is 1. The Morgan fingerprint density at radius 2 is 2.17 bits per heavy atom. The summed E-state index contributed by atoms with van der Waals surface area (Å²) in [5.74, 6) is -1.65. The average molecular weight is 269 g/mol. The van der Waals surface area contributed by atoms with Crippen molar-refractivity contribution in [3.8, 4) is 0 Å². The highest BCUT2D eigenvalue weighted by molar-refractivity contribution is 6.29. The van der Waals surface area contributed by atoms with E-state index in [4.69, 9.17) is 16.7 Å². The van der Waals surface area contributed by atoms with Crippen molar-refractivity contribution in [1.29, 1.82) is 0 Å². The molecule has 0 bridgehead atoms. The Hall–Kier alpha value is -1.62. The van der Waals surface area contributed by atoms with E-state index in [9.17, 15) is 9.59 Å². The lowest BCUT2D eigenvalue weighted by atomic mass is 10.0. The first-order chi connectivity index (χ1) is 8.58. The maximum absolute atomic E-state index is 11.9. The van der Waals surface area contributed by atoms with Crippen LogP contribution in [0.4, 0.5) is 0 Å². The van der Waals surface area contributed by atoms with Crippen LogP contribution in [0.1, 0.15) is 29.6 Å². The molecule has 1 aromatic heterocycles. The first-order valence-corrected chi connectivity index (χ1v) is 6.11. The molecule has 0 saturated heterocycles. The van der Waals surface area contributed by atoms with Crippen LogP contribution in [0.15, 0.2) is 18.3 Å². The quantitative estimate of drug-likeness (QED) is 0.818. The molecule has 6 heteroatoms. The third-order valence-electron chi connectivity index (χ3n) is 3.14. The van der Waals surface area contributed by atoms with Gasteiger partial charge in [0.2, 0.25) is 0 Å². The highest BCUT2D eigenvalue weighted by Gasteiger charge is 2.33. The minimum absolute atomic E-state index is 0.300. The minimum Gasteiger partial charge on any atom is -0.481 e. The predicted molar refractivity (Wildman–Crippen MR) is 65.5 cm³/mol. The van der Waals surface area contributed by atoms with Crippen molar-refractivity contribution >= 4 is 23.5 Å². The Labute approximate surface area is 109 Å². The molecule has 2 atom stereocenters. The number of amides is 1. The van der Waals surface area contributed by atoms with Gasteiger partial charge < -0.3 is 10.4 Å². The molecule has 1 aliphatic rings. The lowest BCUT2D eigenvalue weighted by Gasteiger charge is -2.17. The van der Waals surface area contributed by atoms with E-state index in [1.54, 1.807) is 6.07 Å². The lowest BCUT2D eigenvalue weighted by molar-refractivity contribution is -0.142. The summed E-state index contributed by atoms with van der Waals surface area (Å²) in [4.78, 5) is 26.7. The third-order valence-corrected chi connectivity index (χ3v) is 3.36. The number of nitrogens with one attached hydrogen (secondary N) is 1. The van der Waals surface area contributed by atoms with Gasteiger partial charge in [0.1, 0.15) is 5.15 Å². The largest absolute Gasteiger partial charge is 0.481 e. The van der Waals surface area contributed by atoms with Crippen molar-refractivity contribution < 1.29 is 14.7 Å². The summed E-state index contributed by atoms with van der Waals surface area (Å²) in [7, 11) is 0. The molecule has 0 aromatic carbocycles. The zero-order valence-corrected chi connectivity index (χ0v) is 10.4. The summed E-state index contributed by atoms with van der Waals surface area (Å²) < 4.78 is 0. The van der Waals surface area contributed by atoms with E-state index in [0.29, 0.717) is 23.6 Å². The molecule has 1 aromatic rings. The van der Waals surface area contributed by atoms with Crippen molar-refractivity contribution in [3.63, 3.8) is 0 Å². The predicted octanol–water partition coefficient (Wildman–Crippen LogP) is 1.72. The smallest absolute Gasteiger partial charge is 0.308 e. The number of carboxylic acid groups (broad SMARTS) is 1. The van der Waals surface area contributed by atoms with Gasteiger partial charge in [0.05, 0.1) is 11.5 Å². The number of rotatable bonds is 3. The molecule has 1 saturated carbocycles. The van der Waals surface area contributed by atoms with Crippen molar-refractivity contribution in [1.82, 2.24) is 10.3 Å². The number of pyridine rings is 1. The molecule has 0 spiro atoms. The highest BCUT2D eigenvalue weighted by atomic mass is 35.5. The molecule has 1 aliphatic carbocycles. The summed E-state index contributed by atoms with van der Waals surface area (Å²) in [5.41, 5.74) is 0.385. The number of carbonyl (C=O) groups excluding carboxylic acids is 1. The van der Waals surface area contributed by atoms with Crippen LogP contribution in [0.5, 0.6) is 0 Å². The standard InChI is InChI=1S/C12H13ClN2O3/c13-10-5-4-7(6-14-10)11(16)15-9-3-1-2-8(9)12(17)18/h4-6,8-9H,1-3H2,(H,15,16)(H,17,18). The van der Waals surface area contributed by atoms with Crippen LogP contribution in [-0.2, 0) is 4.79 Å². The first kappa shape index (κ1) is 12.8. The molecule has 2 unspecified atom stereocenters. The zero-order valence-electron chi connectivity index (χ0n) is 9.60. The van der Waals surface area contributed by atoms with E-state index in [-0.39, 0.29) is 11.9 Å². The Morgan fingerprint density at radius 1 is 1.39 bits per heavy atom. The molecule has 18 heavy (non-hydrogen) atoms. The number of nitrogens with zero attached hydrogens (tertiary/aromatic N) is 1. The molecule has 2 N–H and O–H groups in total. The molecular formula is C12H13ClN2O3. The Bertz CT molecular complexity index is 461. The van der Waals surface area contributed by atoms with Crippen molar-refractivity contribution in [3.05, 3.63) is 29.0 Å². The van der Waals surface area contributed by atoms with Crippen LogP contribution in [0.25, 0.3) is 0 Å². The molecule has 0 aliphatic heterocycles. The lowest BCUT2D eigenvalue weighted by Crippen LogP contribution is -2.40. The van der Waals surface area contributed by atoms with E-state index in [0.717, 1.165) is 6.42 Å². The molecule has 1 fully saturated rings. The molecular weight excluding hydrogens is 256 g/mol. The fourth-order valence-electron chi connectivity index (χ4n) is 2.19. The summed E-state index contributed by atoms with van der Waals surface area (Å²) in [6, 6.07) is 2.79. The van der Waals surface area contributed by atoms with Gasteiger partial charge in [-0.25, -0.2) is 4.98 Å². The Balaban J connectivity index is 2.03. The zero-order chi connectivity index (χ0) is 13.1. The number of aromatic nitrogens is 1. The van der Waals surface area contributed by atoms with Gasteiger partial charge in [-0.15, -0.1) is 0 Å². The fraction of sp³-hybridized carbons (Fsp3) is 0.417. The number of hydrogen-bond donors (Lipinski definition) is 2. The van der Waals surface area contributed by atoms with Gasteiger partial charge >= 0.3 is 5.97 Å². The second kappa shape index (κ2) is 5.35. The molecule has 5 nitrogen and oxygen atoms in total.